The third-order valence-electron chi connectivity index (χ3n) is 3.13. The summed E-state index contributed by atoms with van der Waals surface area (Å²) in [6, 6.07) is 6.53. The van der Waals surface area contributed by atoms with Crippen molar-refractivity contribution in [3.63, 3.8) is 0 Å². The predicted octanol–water partition coefficient (Wildman–Crippen LogP) is 3.43. The second-order valence-electron chi connectivity index (χ2n) is 4.28. The molecule has 0 saturated carbocycles. The van der Waals surface area contributed by atoms with E-state index in [2.05, 4.69) is 38.2 Å². The van der Waals surface area contributed by atoms with E-state index in [1.165, 1.54) is 11.3 Å². The van der Waals surface area contributed by atoms with E-state index in [1.807, 2.05) is 6.07 Å². The zero-order chi connectivity index (χ0) is 9.64. The van der Waals surface area contributed by atoms with Crippen molar-refractivity contribution < 1.29 is 0 Å². The van der Waals surface area contributed by atoms with Crippen molar-refractivity contribution in [2.45, 2.75) is 32.2 Å². The SMILES string of the molecule is C[C@H]1Nc2ccc(Cl)cc2C1(C)C. The first-order valence-corrected chi connectivity index (χ1v) is 4.96. The van der Waals surface area contributed by atoms with Crippen LogP contribution in [0.2, 0.25) is 5.02 Å². The Labute approximate surface area is 84.1 Å². The maximum atomic E-state index is 5.97. The number of nitrogens with one attached hydrogen (secondary N) is 1. The monoisotopic (exact) mass is 195 g/mol. The molecule has 1 atom stereocenters. The van der Waals surface area contributed by atoms with Crippen LogP contribution in [0, 0.1) is 0 Å². The van der Waals surface area contributed by atoms with Crippen LogP contribution in [-0.2, 0) is 5.41 Å². The zero-order valence-electron chi connectivity index (χ0n) is 8.19. The van der Waals surface area contributed by atoms with Gasteiger partial charge in [0.2, 0.25) is 0 Å². The van der Waals surface area contributed by atoms with E-state index in [4.69, 9.17) is 11.6 Å². The molecule has 1 aliphatic rings. The largest absolute Gasteiger partial charge is 0.381 e. The van der Waals surface area contributed by atoms with Crippen LogP contribution in [-0.4, -0.2) is 6.04 Å². The smallest absolute Gasteiger partial charge is 0.0410 e. The van der Waals surface area contributed by atoms with Crippen LogP contribution in [0.4, 0.5) is 5.69 Å². The van der Waals surface area contributed by atoms with Gasteiger partial charge in [0.25, 0.3) is 0 Å². The summed E-state index contributed by atoms with van der Waals surface area (Å²) in [4.78, 5) is 0. The van der Waals surface area contributed by atoms with E-state index in [0.717, 1.165) is 5.02 Å². The number of halogens is 1. The number of benzene rings is 1. The maximum absolute atomic E-state index is 5.97. The molecule has 2 heteroatoms. The quantitative estimate of drug-likeness (QED) is 0.669. The lowest BCUT2D eigenvalue weighted by Crippen LogP contribution is -2.29. The molecule has 13 heavy (non-hydrogen) atoms. The van der Waals surface area contributed by atoms with Gasteiger partial charge in [-0.15, -0.1) is 0 Å². The fraction of sp³-hybridized carbons (Fsp3) is 0.455. The van der Waals surface area contributed by atoms with Crippen molar-refractivity contribution in [3.8, 4) is 0 Å². The standard InChI is InChI=1S/C11H14ClN/c1-7-11(2,3)9-6-8(12)4-5-10(9)13-7/h4-7,13H,1-3H3/t7-/m1/s1. The Bertz CT molecular complexity index is 344. The topological polar surface area (TPSA) is 12.0 Å². The molecule has 1 nitrogen and oxygen atoms in total. The lowest BCUT2D eigenvalue weighted by molar-refractivity contribution is 0.486. The highest BCUT2D eigenvalue weighted by Gasteiger charge is 2.36. The number of rotatable bonds is 0. The fourth-order valence-corrected chi connectivity index (χ4v) is 1.99. The minimum Gasteiger partial charge on any atom is -0.381 e. The van der Waals surface area contributed by atoms with Crippen LogP contribution < -0.4 is 5.32 Å². The molecule has 70 valence electrons. The summed E-state index contributed by atoms with van der Waals surface area (Å²) in [6.07, 6.45) is 0. The molecule has 1 aliphatic heterocycles. The van der Waals surface area contributed by atoms with Gasteiger partial charge in [-0.1, -0.05) is 25.4 Å². The molecule has 0 spiro atoms. The Hall–Kier alpha value is -0.690. The number of hydrogen-bond donors (Lipinski definition) is 1. The highest BCUT2D eigenvalue weighted by atomic mass is 35.5. The number of anilines is 1. The van der Waals surface area contributed by atoms with Crippen molar-refractivity contribution in [2.75, 3.05) is 5.32 Å². The molecular weight excluding hydrogens is 182 g/mol. The first-order chi connectivity index (χ1) is 6.01. The Morgan fingerprint density at radius 3 is 2.77 bits per heavy atom. The van der Waals surface area contributed by atoms with Crippen molar-refractivity contribution in [1.29, 1.82) is 0 Å². The van der Waals surface area contributed by atoms with Crippen LogP contribution in [0.15, 0.2) is 18.2 Å². The predicted molar refractivity (Wildman–Crippen MR) is 57.6 cm³/mol. The van der Waals surface area contributed by atoms with Crippen LogP contribution in [0.1, 0.15) is 26.3 Å². The van der Waals surface area contributed by atoms with E-state index in [9.17, 15) is 0 Å². The van der Waals surface area contributed by atoms with E-state index < -0.39 is 0 Å². The molecule has 1 aromatic rings. The zero-order valence-corrected chi connectivity index (χ0v) is 8.94. The van der Waals surface area contributed by atoms with Crippen LogP contribution >= 0.6 is 11.6 Å². The molecule has 0 amide bonds. The van der Waals surface area contributed by atoms with E-state index in [-0.39, 0.29) is 5.41 Å². The van der Waals surface area contributed by atoms with Gasteiger partial charge in [0, 0.05) is 22.2 Å². The normalized spacial score (nSPS) is 23.8. The van der Waals surface area contributed by atoms with Crippen molar-refractivity contribution in [2.24, 2.45) is 0 Å². The molecular formula is C11H14ClN. The lowest BCUT2D eigenvalue weighted by atomic mass is 9.81. The molecule has 0 saturated heterocycles. The summed E-state index contributed by atoms with van der Waals surface area (Å²) in [5, 5.41) is 4.28. The molecule has 1 heterocycles. The van der Waals surface area contributed by atoms with E-state index in [0.29, 0.717) is 6.04 Å². The van der Waals surface area contributed by atoms with Crippen LogP contribution in [0.25, 0.3) is 0 Å². The van der Waals surface area contributed by atoms with E-state index in [1.54, 1.807) is 0 Å². The fourth-order valence-electron chi connectivity index (χ4n) is 1.82. The van der Waals surface area contributed by atoms with Gasteiger partial charge in [0.15, 0.2) is 0 Å². The number of hydrogen-bond acceptors (Lipinski definition) is 1. The van der Waals surface area contributed by atoms with Crippen LogP contribution in [0.5, 0.6) is 0 Å². The van der Waals surface area contributed by atoms with Gasteiger partial charge in [-0.2, -0.15) is 0 Å². The average molecular weight is 196 g/mol. The van der Waals surface area contributed by atoms with Gasteiger partial charge < -0.3 is 5.32 Å². The Kier molecular flexibility index (Phi) is 1.81. The van der Waals surface area contributed by atoms with Gasteiger partial charge in [0.1, 0.15) is 0 Å². The third-order valence-corrected chi connectivity index (χ3v) is 3.37. The van der Waals surface area contributed by atoms with Gasteiger partial charge in [-0.25, -0.2) is 0 Å². The summed E-state index contributed by atoms with van der Waals surface area (Å²) in [5.41, 5.74) is 2.73. The van der Waals surface area contributed by atoms with Gasteiger partial charge in [-0.05, 0) is 30.7 Å². The third kappa shape index (κ3) is 1.22. The summed E-state index contributed by atoms with van der Waals surface area (Å²) < 4.78 is 0. The summed E-state index contributed by atoms with van der Waals surface area (Å²) in [7, 11) is 0. The molecule has 0 aromatic heterocycles. The summed E-state index contributed by atoms with van der Waals surface area (Å²) in [6.45, 7) is 6.69. The molecule has 0 radical (unpaired) electrons. The number of fused-ring (bicyclic) bond motifs is 1. The van der Waals surface area contributed by atoms with Crippen LogP contribution in [0.3, 0.4) is 0 Å². The second-order valence-corrected chi connectivity index (χ2v) is 4.71. The average Bonchev–Trinajstić information content (AvgIpc) is 2.27. The summed E-state index contributed by atoms with van der Waals surface area (Å²) in [5.74, 6) is 0. The van der Waals surface area contributed by atoms with Crippen molar-refractivity contribution in [3.05, 3.63) is 28.8 Å². The first-order valence-electron chi connectivity index (χ1n) is 4.58. The van der Waals surface area contributed by atoms with Crippen molar-refractivity contribution >= 4 is 17.3 Å². The highest BCUT2D eigenvalue weighted by Crippen LogP contribution is 2.41. The molecule has 0 fully saturated rings. The molecule has 2 rings (SSSR count). The van der Waals surface area contributed by atoms with Crippen molar-refractivity contribution in [1.82, 2.24) is 0 Å². The lowest BCUT2D eigenvalue weighted by Gasteiger charge is -2.23. The summed E-state index contributed by atoms with van der Waals surface area (Å²) >= 11 is 5.97. The molecule has 0 unspecified atom stereocenters. The van der Waals surface area contributed by atoms with E-state index >= 15 is 0 Å². The Morgan fingerprint density at radius 1 is 1.38 bits per heavy atom. The first kappa shape index (κ1) is 8.89. The minimum atomic E-state index is 0.181. The molecule has 1 aromatic carbocycles. The maximum Gasteiger partial charge on any atom is 0.0410 e. The Morgan fingerprint density at radius 2 is 2.08 bits per heavy atom. The Balaban J connectivity index is 2.57. The molecule has 0 bridgehead atoms. The molecule has 0 aliphatic carbocycles. The van der Waals surface area contributed by atoms with Gasteiger partial charge in [-0.3, -0.25) is 0 Å². The minimum absolute atomic E-state index is 0.181. The van der Waals surface area contributed by atoms with Gasteiger partial charge >= 0.3 is 0 Å². The molecule has 1 N–H and O–H groups in total. The highest BCUT2D eigenvalue weighted by molar-refractivity contribution is 6.30. The van der Waals surface area contributed by atoms with Gasteiger partial charge in [0.05, 0.1) is 0 Å². The second kappa shape index (κ2) is 2.65.